The molecule has 2 aromatic rings. The number of aromatic nitrogens is 1. The molecule has 0 saturated carbocycles. The van der Waals surface area contributed by atoms with E-state index in [1.165, 1.54) is 18.2 Å². The van der Waals surface area contributed by atoms with Crippen LogP contribution in [0.15, 0.2) is 36.4 Å². The topological polar surface area (TPSA) is 12.9 Å². The summed E-state index contributed by atoms with van der Waals surface area (Å²) in [7, 11) is 0. The van der Waals surface area contributed by atoms with Gasteiger partial charge in [-0.3, -0.25) is 0 Å². The summed E-state index contributed by atoms with van der Waals surface area (Å²) < 4.78 is 26.1. The molecule has 82 valence electrons. The van der Waals surface area contributed by atoms with Gasteiger partial charge in [0.25, 0.3) is 0 Å². The van der Waals surface area contributed by atoms with Crippen molar-refractivity contribution >= 4 is 11.6 Å². The fraction of sp³-hybridized carbons (Fsp3) is 0.0833. The molecule has 4 heteroatoms. The van der Waals surface area contributed by atoms with E-state index >= 15 is 0 Å². The second-order valence-electron chi connectivity index (χ2n) is 3.33. The van der Waals surface area contributed by atoms with E-state index in [2.05, 4.69) is 4.98 Å². The number of rotatable bonds is 2. The fourth-order valence-electron chi connectivity index (χ4n) is 1.42. The van der Waals surface area contributed by atoms with Crippen LogP contribution in [-0.2, 0) is 5.88 Å². The lowest BCUT2D eigenvalue weighted by atomic mass is 10.1. The van der Waals surface area contributed by atoms with Gasteiger partial charge in [0.1, 0.15) is 5.82 Å². The van der Waals surface area contributed by atoms with Crippen LogP contribution in [0.25, 0.3) is 11.3 Å². The molecule has 0 aliphatic heterocycles. The van der Waals surface area contributed by atoms with Gasteiger partial charge in [-0.15, -0.1) is 11.6 Å². The van der Waals surface area contributed by atoms with E-state index in [0.717, 1.165) is 0 Å². The maximum Gasteiger partial charge on any atom is 0.213 e. The van der Waals surface area contributed by atoms with Crippen LogP contribution in [0.4, 0.5) is 8.78 Å². The maximum atomic E-state index is 13.1. The van der Waals surface area contributed by atoms with Gasteiger partial charge in [0.05, 0.1) is 5.69 Å². The Bertz CT molecular complexity index is 514. The minimum absolute atomic E-state index is 0.196. The molecule has 0 radical (unpaired) electrons. The lowest BCUT2D eigenvalue weighted by Gasteiger charge is -2.03. The summed E-state index contributed by atoms with van der Waals surface area (Å²) in [5, 5.41) is 0. The summed E-state index contributed by atoms with van der Waals surface area (Å²) in [5.41, 5.74) is 1.54. The fourth-order valence-corrected chi connectivity index (χ4v) is 1.58. The Balaban J connectivity index is 2.51. The second kappa shape index (κ2) is 4.58. The lowest BCUT2D eigenvalue weighted by molar-refractivity contribution is 0.583. The quantitative estimate of drug-likeness (QED) is 0.574. The number of hydrogen-bond acceptors (Lipinski definition) is 1. The summed E-state index contributed by atoms with van der Waals surface area (Å²) in [4.78, 5) is 3.70. The first-order valence-corrected chi connectivity index (χ1v) is 5.21. The Hall–Kier alpha value is -1.48. The van der Waals surface area contributed by atoms with Crippen molar-refractivity contribution in [3.63, 3.8) is 0 Å². The Morgan fingerprint density at radius 3 is 2.62 bits per heavy atom. The van der Waals surface area contributed by atoms with Crippen molar-refractivity contribution in [3.8, 4) is 11.3 Å². The Morgan fingerprint density at radius 1 is 1.12 bits per heavy atom. The minimum atomic E-state index is -0.614. The van der Waals surface area contributed by atoms with Crippen LogP contribution < -0.4 is 0 Å². The molecular weight excluding hydrogens is 232 g/mol. The SMILES string of the molecule is Fc1cccc(-c2cc(CCl)cc(F)n2)c1. The smallest absolute Gasteiger partial charge is 0.213 e. The number of alkyl halides is 1. The molecule has 0 aliphatic carbocycles. The minimum Gasteiger partial charge on any atom is -0.220 e. The molecule has 0 atom stereocenters. The predicted octanol–water partition coefficient (Wildman–Crippen LogP) is 3.77. The van der Waals surface area contributed by atoms with E-state index in [1.807, 2.05) is 0 Å². The van der Waals surface area contributed by atoms with Gasteiger partial charge in [0, 0.05) is 11.4 Å². The zero-order valence-corrected chi connectivity index (χ0v) is 9.01. The molecule has 1 heterocycles. The predicted molar refractivity (Wildman–Crippen MR) is 59.1 cm³/mol. The molecule has 0 N–H and O–H groups in total. The van der Waals surface area contributed by atoms with Gasteiger partial charge in [-0.05, 0) is 29.8 Å². The van der Waals surface area contributed by atoms with E-state index in [0.29, 0.717) is 16.8 Å². The van der Waals surface area contributed by atoms with Crippen LogP contribution in [0.2, 0.25) is 0 Å². The highest BCUT2D eigenvalue weighted by molar-refractivity contribution is 6.17. The van der Waals surface area contributed by atoms with Gasteiger partial charge in [-0.1, -0.05) is 12.1 Å². The van der Waals surface area contributed by atoms with Crippen molar-refractivity contribution in [2.45, 2.75) is 5.88 Å². The van der Waals surface area contributed by atoms with Crippen molar-refractivity contribution < 1.29 is 8.78 Å². The molecule has 0 bridgehead atoms. The van der Waals surface area contributed by atoms with Crippen molar-refractivity contribution in [3.05, 3.63) is 53.7 Å². The largest absolute Gasteiger partial charge is 0.220 e. The van der Waals surface area contributed by atoms with Gasteiger partial charge in [-0.2, -0.15) is 4.39 Å². The van der Waals surface area contributed by atoms with E-state index in [4.69, 9.17) is 11.6 Å². The first-order chi connectivity index (χ1) is 7.69. The molecule has 16 heavy (non-hydrogen) atoms. The first-order valence-electron chi connectivity index (χ1n) is 4.67. The molecule has 1 aromatic heterocycles. The average Bonchev–Trinajstić information content (AvgIpc) is 2.28. The number of pyridine rings is 1. The van der Waals surface area contributed by atoms with Crippen molar-refractivity contribution in [2.24, 2.45) is 0 Å². The Morgan fingerprint density at radius 2 is 1.94 bits per heavy atom. The Labute approximate surface area is 96.7 Å². The maximum absolute atomic E-state index is 13.1. The van der Waals surface area contributed by atoms with Crippen LogP contribution in [0.3, 0.4) is 0 Å². The molecule has 2 rings (SSSR count). The molecular formula is C12H8ClF2N. The van der Waals surface area contributed by atoms with E-state index in [1.54, 1.807) is 18.2 Å². The van der Waals surface area contributed by atoms with E-state index < -0.39 is 5.95 Å². The third kappa shape index (κ3) is 2.36. The van der Waals surface area contributed by atoms with E-state index in [9.17, 15) is 8.78 Å². The second-order valence-corrected chi connectivity index (χ2v) is 3.59. The van der Waals surface area contributed by atoms with Gasteiger partial charge in [-0.25, -0.2) is 9.37 Å². The zero-order valence-electron chi connectivity index (χ0n) is 8.25. The van der Waals surface area contributed by atoms with Crippen LogP contribution in [-0.4, -0.2) is 4.98 Å². The summed E-state index contributed by atoms with van der Waals surface area (Å²) in [6.45, 7) is 0. The number of nitrogens with zero attached hydrogens (tertiary/aromatic N) is 1. The highest BCUT2D eigenvalue weighted by Gasteiger charge is 2.05. The first kappa shape index (κ1) is 11.0. The summed E-state index contributed by atoms with van der Waals surface area (Å²) in [6.07, 6.45) is 0. The van der Waals surface area contributed by atoms with Gasteiger partial charge >= 0.3 is 0 Å². The average molecular weight is 240 g/mol. The van der Waals surface area contributed by atoms with Gasteiger partial charge in [0.15, 0.2) is 0 Å². The molecule has 0 fully saturated rings. The monoisotopic (exact) mass is 239 g/mol. The van der Waals surface area contributed by atoms with Crippen LogP contribution >= 0.6 is 11.6 Å². The van der Waals surface area contributed by atoms with Crippen LogP contribution in [0.5, 0.6) is 0 Å². The molecule has 0 aliphatic rings. The van der Waals surface area contributed by atoms with Crippen molar-refractivity contribution in [1.29, 1.82) is 0 Å². The number of hydrogen-bond donors (Lipinski definition) is 0. The molecule has 0 amide bonds. The standard InChI is InChI=1S/C12H8ClF2N/c13-7-8-4-11(16-12(15)5-8)9-2-1-3-10(14)6-9/h1-6H,7H2. The summed E-state index contributed by atoms with van der Waals surface area (Å²) in [6, 6.07) is 8.76. The highest BCUT2D eigenvalue weighted by Crippen LogP contribution is 2.20. The van der Waals surface area contributed by atoms with E-state index in [-0.39, 0.29) is 11.7 Å². The van der Waals surface area contributed by atoms with Crippen molar-refractivity contribution in [2.75, 3.05) is 0 Å². The highest BCUT2D eigenvalue weighted by atomic mass is 35.5. The summed E-state index contributed by atoms with van der Waals surface area (Å²) >= 11 is 5.62. The number of benzene rings is 1. The molecule has 1 aromatic carbocycles. The zero-order chi connectivity index (χ0) is 11.5. The normalized spacial score (nSPS) is 10.4. The van der Waals surface area contributed by atoms with Crippen molar-refractivity contribution in [1.82, 2.24) is 4.98 Å². The number of halogens is 3. The summed E-state index contributed by atoms with van der Waals surface area (Å²) in [5.74, 6) is -0.796. The molecule has 0 spiro atoms. The van der Waals surface area contributed by atoms with Gasteiger partial charge in [0.2, 0.25) is 5.95 Å². The van der Waals surface area contributed by atoms with Crippen LogP contribution in [0, 0.1) is 11.8 Å². The third-order valence-electron chi connectivity index (χ3n) is 2.13. The third-order valence-corrected chi connectivity index (χ3v) is 2.44. The van der Waals surface area contributed by atoms with Gasteiger partial charge < -0.3 is 0 Å². The molecule has 1 nitrogen and oxygen atoms in total. The van der Waals surface area contributed by atoms with Crippen LogP contribution in [0.1, 0.15) is 5.56 Å². The Kier molecular flexibility index (Phi) is 3.15. The molecule has 0 saturated heterocycles. The molecule has 0 unspecified atom stereocenters. The lowest BCUT2D eigenvalue weighted by Crippen LogP contribution is -1.91.